The molecule has 1 heterocycles. The molecule has 11 rings (SSSR count). The van der Waals surface area contributed by atoms with Crippen LogP contribution in [0.2, 0.25) is 0 Å². The van der Waals surface area contributed by atoms with Gasteiger partial charge in [0.1, 0.15) is 11.7 Å². The molecule has 10 aromatic carbocycles. The van der Waals surface area contributed by atoms with E-state index in [0.29, 0.717) is 5.56 Å². The van der Waals surface area contributed by atoms with Crippen molar-refractivity contribution in [3.05, 3.63) is 254 Å². The van der Waals surface area contributed by atoms with Gasteiger partial charge in [0.2, 0.25) is 0 Å². The van der Waals surface area contributed by atoms with Gasteiger partial charge in [-0.2, -0.15) is 0 Å². The second-order valence-electron chi connectivity index (χ2n) is 16.1. The first-order valence-corrected chi connectivity index (χ1v) is 21.6. The largest absolute Gasteiger partial charge is 0.309 e. The molecule has 302 valence electrons. The molecule has 0 aliphatic rings. The predicted octanol–water partition coefficient (Wildman–Crippen LogP) is 15.5. The zero-order valence-electron chi connectivity index (χ0n) is 35.0. The lowest BCUT2D eigenvalue weighted by molar-refractivity contribution is 1.18. The Bertz CT molecular complexity index is 3510. The number of rotatable bonds is 8. The third kappa shape index (κ3) is 6.94. The number of anilines is 1. The minimum atomic E-state index is 0.226. The molecule has 0 fully saturated rings. The van der Waals surface area contributed by atoms with Crippen molar-refractivity contribution in [1.29, 1.82) is 10.8 Å². The van der Waals surface area contributed by atoms with E-state index in [0.717, 1.165) is 61.4 Å². The first-order chi connectivity index (χ1) is 31.6. The molecule has 0 aliphatic heterocycles. The van der Waals surface area contributed by atoms with Crippen LogP contribution in [0.3, 0.4) is 0 Å². The van der Waals surface area contributed by atoms with Crippen molar-refractivity contribution >= 4 is 49.9 Å². The van der Waals surface area contributed by atoms with E-state index in [1.54, 1.807) is 4.90 Å². The summed E-state index contributed by atoms with van der Waals surface area (Å²) in [6, 6.07) is 84.2. The summed E-state index contributed by atoms with van der Waals surface area (Å²) in [4.78, 5) is 1.72. The van der Waals surface area contributed by atoms with Crippen LogP contribution in [-0.2, 0) is 0 Å². The summed E-state index contributed by atoms with van der Waals surface area (Å²) in [5.41, 5.74) is 14.7. The third-order valence-corrected chi connectivity index (χ3v) is 12.3. The number of hydrogen-bond donors (Lipinski definition) is 2. The monoisotopic (exact) mass is 818 g/mol. The van der Waals surface area contributed by atoms with E-state index in [-0.39, 0.29) is 11.7 Å². The molecule has 4 heteroatoms. The quantitative estimate of drug-likeness (QED) is 0.116. The van der Waals surface area contributed by atoms with Crippen LogP contribution in [0.1, 0.15) is 11.1 Å². The summed E-state index contributed by atoms with van der Waals surface area (Å²) >= 11 is 0. The molecule has 0 aliphatic carbocycles. The molecule has 0 saturated carbocycles. The fraction of sp³-hybridized carbons (Fsp3) is 0. The smallest absolute Gasteiger partial charge is 0.138 e. The van der Waals surface area contributed by atoms with Crippen molar-refractivity contribution in [2.45, 2.75) is 0 Å². The Morgan fingerprint density at radius 2 is 0.812 bits per heavy atom. The van der Waals surface area contributed by atoms with Crippen LogP contribution in [0.5, 0.6) is 0 Å². The molecule has 11 aromatic rings. The van der Waals surface area contributed by atoms with Gasteiger partial charge >= 0.3 is 0 Å². The standard InChI is InChI=1S/C60H42N4/c61-59(44-32-27-42(28-33-44)47-36-29-41-15-7-8-16-46(41)39-47)64(50-19-5-2-6-20-50)60(62)45-34-30-43(31-35-45)51-21-9-11-23-53(51)54-24-12-10-22-52(54)48-37-38-58-56(40-48)55-25-13-14-26-57(55)63(58)49-17-3-1-4-18-49/h1-40,61-62H. The molecular formula is C60H42N4. The normalized spacial score (nSPS) is 11.2. The second-order valence-corrected chi connectivity index (χ2v) is 16.1. The zero-order chi connectivity index (χ0) is 43.0. The maximum absolute atomic E-state index is 9.57. The number of para-hydroxylation sites is 3. The molecule has 0 radical (unpaired) electrons. The topological polar surface area (TPSA) is 55.9 Å². The number of benzene rings is 10. The summed E-state index contributed by atoms with van der Waals surface area (Å²) in [6.07, 6.45) is 0. The van der Waals surface area contributed by atoms with E-state index in [4.69, 9.17) is 0 Å². The molecule has 0 bridgehead atoms. The molecule has 2 N–H and O–H groups in total. The Hall–Kier alpha value is -8.60. The van der Waals surface area contributed by atoms with Gasteiger partial charge in [0.25, 0.3) is 0 Å². The van der Waals surface area contributed by atoms with Gasteiger partial charge in [0.05, 0.1) is 11.0 Å². The summed E-state index contributed by atoms with van der Waals surface area (Å²) < 4.78 is 2.35. The number of hydrogen-bond acceptors (Lipinski definition) is 2. The molecule has 4 nitrogen and oxygen atoms in total. The van der Waals surface area contributed by atoms with E-state index >= 15 is 0 Å². The van der Waals surface area contributed by atoms with E-state index in [1.807, 2.05) is 54.6 Å². The lowest BCUT2D eigenvalue weighted by Crippen LogP contribution is -2.37. The first kappa shape index (κ1) is 38.3. The first-order valence-electron chi connectivity index (χ1n) is 21.6. The molecule has 0 saturated heterocycles. The number of nitrogens with zero attached hydrogens (tertiary/aromatic N) is 2. The lowest BCUT2D eigenvalue weighted by Gasteiger charge is -2.26. The van der Waals surface area contributed by atoms with Crippen LogP contribution in [0.4, 0.5) is 5.69 Å². The highest BCUT2D eigenvalue weighted by atomic mass is 15.2. The minimum absolute atomic E-state index is 0.226. The van der Waals surface area contributed by atoms with Gasteiger partial charge in [0, 0.05) is 33.3 Å². The van der Waals surface area contributed by atoms with Crippen molar-refractivity contribution < 1.29 is 0 Å². The molecule has 0 spiro atoms. The highest BCUT2D eigenvalue weighted by molar-refractivity contribution is 6.27. The average Bonchev–Trinajstić information content (AvgIpc) is 3.70. The van der Waals surface area contributed by atoms with Crippen LogP contribution >= 0.6 is 0 Å². The van der Waals surface area contributed by atoms with Gasteiger partial charge in [-0.1, -0.05) is 194 Å². The highest BCUT2D eigenvalue weighted by Crippen LogP contribution is 2.41. The highest BCUT2D eigenvalue weighted by Gasteiger charge is 2.22. The van der Waals surface area contributed by atoms with Crippen molar-refractivity contribution in [1.82, 2.24) is 4.57 Å². The van der Waals surface area contributed by atoms with Crippen molar-refractivity contribution in [2.24, 2.45) is 0 Å². The average molecular weight is 819 g/mol. The fourth-order valence-corrected chi connectivity index (χ4v) is 9.14. The van der Waals surface area contributed by atoms with E-state index in [2.05, 4.69) is 193 Å². The van der Waals surface area contributed by atoms with Gasteiger partial charge in [-0.05, 0) is 104 Å². The Morgan fingerprint density at radius 3 is 1.48 bits per heavy atom. The molecule has 0 unspecified atom stereocenters. The van der Waals surface area contributed by atoms with Crippen molar-refractivity contribution in [2.75, 3.05) is 4.90 Å². The lowest BCUT2D eigenvalue weighted by atomic mass is 9.89. The fourth-order valence-electron chi connectivity index (χ4n) is 9.14. The molecular weight excluding hydrogens is 777 g/mol. The summed E-state index contributed by atoms with van der Waals surface area (Å²) in [7, 11) is 0. The molecule has 1 aromatic heterocycles. The predicted molar refractivity (Wildman–Crippen MR) is 269 cm³/mol. The van der Waals surface area contributed by atoms with Crippen molar-refractivity contribution in [3.8, 4) is 50.2 Å². The van der Waals surface area contributed by atoms with Crippen LogP contribution < -0.4 is 4.90 Å². The van der Waals surface area contributed by atoms with Gasteiger partial charge in [-0.15, -0.1) is 0 Å². The van der Waals surface area contributed by atoms with E-state index < -0.39 is 0 Å². The van der Waals surface area contributed by atoms with Crippen LogP contribution in [0.15, 0.2) is 243 Å². The number of aromatic nitrogens is 1. The Kier molecular flexibility index (Phi) is 9.79. The van der Waals surface area contributed by atoms with Crippen LogP contribution in [0.25, 0.3) is 82.8 Å². The van der Waals surface area contributed by atoms with Gasteiger partial charge in [-0.3, -0.25) is 15.7 Å². The molecule has 0 amide bonds. The Balaban J connectivity index is 0.913. The summed E-state index contributed by atoms with van der Waals surface area (Å²) in [6.45, 7) is 0. The SMILES string of the molecule is N=C(c1ccc(-c2ccc3ccccc3c2)cc1)N(C(=N)c1ccc(-c2ccccc2-c2ccccc2-c2ccc3c(c2)c2ccccc2n3-c2ccccc2)cc1)c1ccccc1. The number of fused-ring (bicyclic) bond motifs is 4. The number of nitrogens with one attached hydrogen (secondary N) is 2. The summed E-state index contributed by atoms with van der Waals surface area (Å²) in [5.74, 6) is 0.458. The Morgan fingerprint density at radius 1 is 0.328 bits per heavy atom. The van der Waals surface area contributed by atoms with Gasteiger partial charge in [0.15, 0.2) is 0 Å². The van der Waals surface area contributed by atoms with E-state index in [9.17, 15) is 10.8 Å². The zero-order valence-corrected chi connectivity index (χ0v) is 35.0. The van der Waals surface area contributed by atoms with Crippen LogP contribution in [0, 0.1) is 10.8 Å². The summed E-state index contributed by atoms with van der Waals surface area (Å²) in [5, 5.41) is 23.9. The van der Waals surface area contributed by atoms with Gasteiger partial charge in [-0.25, -0.2) is 0 Å². The number of amidine groups is 2. The Labute approximate surface area is 372 Å². The van der Waals surface area contributed by atoms with Crippen LogP contribution in [-0.4, -0.2) is 16.2 Å². The van der Waals surface area contributed by atoms with Gasteiger partial charge < -0.3 is 4.57 Å². The maximum Gasteiger partial charge on any atom is 0.138 e. The van der Waals surface area contributed by atoms with E-state index in [1.165, 1.54) is 32.6 Å². The van der Waals surface area contributed by atoms with Crippen molar-refractivity contribution in [3.63, 3.8) is 0 Å². The maximum atomic E-state index is 9.57. The second kappa shape index (κ2) is 16.4. The molecule has 0 atom stereocenters. The molecule has 64 heavy (non-hydrogen) atoms. The minimum Gasteiger partial charge on any atom is -0.309 e. The third-order valence-electron chi connectivity index (χ3n) is 12.3.